The Balaban J connectivity index is 1.49. The lowest BCUT2D eigenvalue weighted by Crippen LogP contribution is -2.51. The first-order valence-corrected chi connectivity index (χ1v) is 14.4. The molecule has 1 heterocycles. The van der Waals surface area contributed by atoms with Crippen LogP contribution in [-0.2, 0) is 24.5 Å². The van der Waals surface area contributed by atoms with Crippen molar-refractivity contribution in [1.82, 2.24) is 5.32 Å². The summed E-state index contributed by atoms with van der Waals surface area (Å²) >= 11 is 0. The molecule has 2 bridgehead atoms. The van der Waals surface area contributed by atoms with Crippen LogP contribution in [0.5, 0.6) is 0 Å². The van der Waals surface area contributed by atoms with Crippen LogP contribution in [0.2, 0.25) is 0 Å². The van der Waals surface area contributed by atoms with Crippen molar-refractivity contribution in [3.8, 4) is 11.1 Å². The average molecular weight is 518 g/mol. The van der Waals surface area contributed by atoms with Crippen LogP contribution in [0, 0.1) is 5.92 Å². The molecule has 4 rings (SSSR count). The maximum atomic E-state index is 12.9. The molecule has 2 aliphatic rings. The Bertz CT molecular complexity index is 1060. The summed E-state index contributed by atoms with van der Waals surface area (Å²) in [5, 5.41) is 3.38. The van der Waals surface area contributed by atoms with E-state index < -0.39 is 0 Å². The molecule has 0 radical (unpaired) electrons. The highest BCUT2D eigenvalue weighted by Gasteiger charge is 2.59. The molecule has 5 nitrogen and oxygen atoms in total. The van der Waals surface area contributed by atoms with Crippen molar-refractivity contribution < 1.29 is 19.1 Å². The number of benzene rings is 2. The maximum Gasteiger partial charge on any atom is 0.305 e. The number of carbonyl (C=O) groups is 2. The Kier molecular flexibility index (Phi) is 10.2. The molecule has 2 fully saturated rings. The summed E-state index contributed by atoms with van der Waals surface area (Å²) in [5.41, 5.74) is 3.60. The van der Waals surface area contributed by atoms with Gasteiger partial charge in [0.2, 0.25) is 5.91 Å². The van der Waals surface area contributed by atoms with Crippen LogP contribution in [0.25, 0.3) is 11.1 Å². The number of ether oxygens (including phenoxy) is 2. The van der Waals surface area contributed by atoms with Gasteiger partial charge in [-0.1, -0.05) is 92.9 Å². The largest absolute Gasteiger partial charge is 0.469 e. The minimum Gasteiger partial charge on any atom is -0.469 e. The van der Waals surface area contributed by atoms with Gasteiger partial charge in [-0.15, -0.1) is 0 Å². The predicted octanol–water partition coefficient (Wildman–Crippen LogP) is 6.75. The SMILES string of the molecule is CCCCCCC(=O)N[C@@H]1[C@@H]2C[C@@](c3ccc(-c4ccccc4)cc3)(CO2)[C@H]1C/C=C\CCCC(=O)OC. The lowest BCUT2D eigenvalue weighted by atomic mass is 9.70. The van der Waals surface area contributed by atoms with Crippen LogP contribution in [0.1, 0.15) is 76.7 Å². The Morgan fingerprint density at radius 1 is 0.974 bits per heavy atom. The van der Waals surface area contributed by atoms with Crippen molar-refractivity contribution in [3.63, 3.8) is 0 Å². The number of fused-ring (bicyclic) bond motifs is 2. The lowest BCUT2D eigenvalue weighted by molar-refractivity contribution is -0.140. The second-order valence-corrected chi connectivity index (χ2v) is 10.8. The quantitative estimate of drug-likeness (QED) is 0.171. The number of nitrogens with one attached hydrogen (secondary N) is 1. The van der Waals surface area contributed by atoms with Crippen LogP contribution in [-0.4, -0.2) is 37.7 Å². The van der Waals surface area contributed by atoms with Crippen LogP contribution in [0.4, 0.5) is 0 Å². The minimum absolute atomic E-state index is 0.0101. The molecular formula is C33H43NO4. The zero-order valence-corrected chi connectivity index (χ0v) is 23.0. The van der Waals surface area contributed by atoms with E-state index in [0.717, 1.165) is 38.5 Å². The molecule has 1 N–H and O–H groups in total. The number of unbranched alkanes of at least 4 members (excludes halogenated alkanes) is 4. The molecule has 2 aromatic rings. The molecule has 38 heavy (non-hydrogen) atoms. The molecule has 204 valence electrons. The fourth-order valence-corrected chi connectivity index (χ4v) is 6.23. The van der Waals surface area contributed by atoms with Crippen molar-refractivity contribution in [1.29, 1.82) is 0 Å². The molecule has 1 saturated heterocycles. The summed E-state index contributed by atoms with van der Waals surface area (Å²) < 4.78 is 11.1. The highest BCUT2D eigenvalue weighted by atomic mass is 16.5. The fourth-order valence-electron chi connectivity index (χ4n) is 6.23. The Morgan fingerprint density at radius 3 is 2.47 bits per heavy atom. The summed E-state index contributed by atoms with van der Waals surface area (Å²) in [6, 6.07) is 19.4. The third kappa shape index (κ3) is 6.74. The predicted molar refractivity (Wildman–Crippen MR) is 152 cm³/mol. The molecule has 1 aliphatic carbocycles. The number of esters is 1. The van der Waals surface area contributed by atoms with Gasteiger partial charge in [0.1, 0.15) is 0 Å². The van der Waals surface area contributed by atoms with E-state index in [1.165, 1.54) is 36.6 Å². The third-order valence-corrected chi connectivity index (χ3v) is 8.35. The number of rotatable bonds is 14. The van der Waals surface area contributed by atoms with Gasteiger partial charge in [0.05, 0.1) is 25.9 Å². The van der Waals surface area contributed by atoms with Gasteiger partial charge in [0.15, 0.2) is 0 Å². The average Bonchev–Trinajstić information content (AvgIpc) is 3.52. The van der Waals surface area contributed by atoms with Crippen LogP contribution in [0.3, 0.4) is 0 Å². The second-order valence-electron chi connectivity index (χ2n) is 10.8. The lowest BCUT2D eigenvalue weighted by Gasteiger charge is -2.39. The number of methoxy groups -OCH3 is 1. The van der Waals surface area contributed by atoms with Crippen molar-refractivity contribution in [3.05, 3.63) is 72.3 Å². The molecule has 1 amide bonds. The monoisotopic (exact) mass is 517 g/mol. The zero-order valence-electron chi connectivity index (χ0n) is 23.0. The van der Waals surface area contributed by atoms with E-state index in [2.05, 4.69) is 72.9 Å². The maximum absolute atomic E-state index is 12.9. The van der Waals surface area contributed by atoms with Crippen molar-refractivity contribution in [2.45, 2.75) is 88.7 Å². The van der Waals surface area contributed by atoms with Crippen LogP contribution in [0.15, 0.2) is 66.7 Å². The van der Waals surface area contributed by atoms with E-state index in [1.807, 2.05) is 6.07 Å². The van der Waals surface area contributed by atoms with E-state index in [1.54, 1.807) is 0 Å². The highest BCUT2D eigenvalue weighted by molar-refractivity contribution is 5.76. The molecule has 5 heteroatoms. The van der Waals surface area contributed by atoms with E-state index in [0.29, 0.717) is 19.4 Å². The molecule has 0 unspecified atom stereocenters. The van der Waals surface area contributed by atoms with Gasteiger partial charge in [-0.05, 0) is 54.7 Å². The molecular weight excluding hydrogens is 474 g/mol. The number of hydrogen-bond donors (Lipinski definition) is 1. The Hall–Kier alpha value is -2.92. The number of amides is 1. The molecule has 0 aromatic heterocycles. The van der Waals surface area contributed by atoms with Gasteiger partial charge < -0.3 is 14.8 Å². The van der Waals surface area contributed by atoms with Crippen LogP contribution < -0.4 is 5.32 Å². The first-order valence-electron chi connectivity index (χ1n) is 14.4. The van der Waals surface area contributed by atoms with Gasteiger partial charge in [0.25, 0.3) is 0 Å². The van der Waals surface area contributed by atoms with Crippen molar-refractivity contribution >= 4 is 11.9 Å². The Morgan fingerprint density at radius 2 is 1.74 bits per heavy atom. The van der Waals surface area contributed by atoms with Crippen molar-refractivity contribution in [2.75, 3.05) is 13.7 Å². The first kappa shape index (κ1) is 28.1. The summed E-state index contributed by atoms with van der Waals surface area (Å²) in [5.74, 6) is 0.243. The standard InChI is InChI=1S/C33H43NO4/c1-3-4-5-12-17-30(35)34-32-28(16-11-6-7-13-18-31(36)37-2)33(23-29(32)38-24-33)27-21-19-26(20-22-27)25-14-9-8-10-15-25/h6,8-11,14-15,19-22,28-29,32H,3-5,7,12-13,16-18,23-24H2,1-2H3,(H,34,35)/b11-6-/t28-,29-,32-,33-/m0/s1. The van der Waals surface area contributed by atoms with Crippen molar-refractivity contribution in [2.24, 2.45) is 5.92 Å². The normalized spacial score (nSPS) is 24.1. The minimum atomic E-state index is -0.164. The summed E-state index contributed by atoms with van der Waals surface area (Å²) in [7, 11) is 1.43. The van der Waals surface area contributed by atoms with Gasteiger partial charge in [-0.25, -0.2) is 0 Å². The molecule has 1 aliphatic heterocycles. The Labute approximate surface area is 228 Å². The van der Waals surface area contributed by atoms with Gasteiger partial charge in [0, 0.05) is 18.3 Å². The molecule has 0 spiro atoms. The number of allylic oxidation sites excluding steroid dienone is 2. The van der Waals surface area contributed by atoms with E-state index in [4.69, 9.17) is 9.47 Å². The summed E-state index contributed by atoms with van der Waals surface area (Å²) in [6.45, 7) is 2.87. The summed E-state index contributed by atoms with van der Waals surface area (Å²) in [6.07, 6.45) is 13.3. The molecule has 4 atom stereocenters. The third-order valence-electron chi connectivity index (χ3n) is 8.35. The number of carbonyl (C=O) groups excluding carboxylic acids is 2. The second kappa shape index (κ2) is 13.7. The van der Waals surface area contributed by atoms with E-state index >= 15 is 0 Å². The molecule has 1 saturated carbocycles. The van der Waals surface area contributed by atoms with E-state index in [-0.39, 0.29) is 35.4 Å². The highest BCUT2D eigenvalue weighted by Crippen LogP contribution is 2.53. The van der Waals surface area contributed by atoms with Gasteiger partial charge in [-0.3, -0.25) is 9.59 Å². The topological polar surface area (TPSA) is 64.6 Å². The van der Waals surface area contributed by atoms with Crippen LogP contribution >= 0.6 is 0 Å². The first-order chi connectivity index (χ1) is 18.6. The van der Waals surface area contributed by atoms with Gasteiger partial charge >= 0.3 is 5.97 Å². The smallest absolute Gasteiger partial charge is 0.305 e. The zero-order chi connectivity index (χ0) is 26.8. The summed E-state index contributed by atoms with van der Waals surface area (Å²) in [4.78, 5) is 24.3. The number of hydrogen-bond acceptors (Lipinski definition) is 4. The van der Waals surface area contributed by atoms with E-state index in [9.17, 15) is 9.59 Å². The fraction of sp³-hybridized carbons (Fsp3) is 0.515. The molecule has 2 aromatic carbocycles. The van der Waals surface area contributed by atoms with Gasteiger partial charge in [-0.2, -0.15) is 0 Å².